The minimum Gasteiger partial charge on any atom is -0.461 e. The van der Waals surface area contributed by atoms with E-state index in [1.54, 1.807) is 6.92 Å². The summed E-state index contributed by atoms with van der Waals surface area (Å²) in [6.07, 6.45) is 0.261. The summed E-state index contributed by atoms with van der Waals surface area (Å²) in [4.78, 5) is 13.8. The second kappa shape index (κ2) is 5.62. The van der Waals surface area contributed by atoms with Gasteiger partial charge in [-0.15, -0.1) is 5.10 Å². The van der Waals surface area contributed by atoms with Crippen molar-refractivity contribution < 1.29 is 14.3 Å². The minimum atomic E-state index is -0.409. The van der Waals surface area contributed by atoms with Crippen molar-refractivity contribution in [1.29, 1.82) is 0 Å². The van der Waals surface area contributed by atoms with Crippen LogP contribution in [0.25, 0.3) is 0 Å². The standard InChI is InChI=1S/C11H17N3O3S/c1-4-16-11(15)9-10(18-13-12-9)14-5-7(2)17-8(3)6-14/h7-8H,4-6H2,1-3H3/t7-,8-/m0/s1. The first-order chi connectivity index (χ1) is 8.61. The molecule has 0 spiro atoms. The van der Waals surface area contributed by atoms with Crippen molar-refractivity contribution in [1.82, 2.24) is 9.59 Å². The molecule has 2 heterocycles. The van der Waals surface area contributed by atoms with Gasteiger partial charge in [-0.1, -0.05) is 4.49 Å². The predicted molar refractivity (Wildman–Crippen MR) is 68.1 cm³/mol. The molecule has 100 valence electrons. The Balaban J connectivity index is 2.18. The summed E-state index contributed by atoms with van der Waals surface area (Å²) >= 11 is 1.22. The second-order valence-electron chi connectivity index (χ2n) is 4.31. The number of morpholine rings is 1. The molecular formula is C11H17N3O3S. The SMILES string of the molecule is CCOC(=O)c1nnsc1N1C[C@H](C)O[C@@H](C)C1. The second-order valence-corrected chi connectivity index (χ2v) is 5.04. The van der Waals surface area contributed by atoms with Gasteiger partial charge in [0, 0.05) is 24.6 Å². The zero-order chi connectivity index (χ0) is 13.1. The van der Waals surface area contributed by atoms with Crippen molar-refractivity contribution in [2.45, 2.75) is 33.0 Å². The Morgan fingerprint density at radius 1 is 1.50 bits per heavy atom. The summed E-state index contributed by atoms with van der Waals surface area (Å²) < 4.78 is 14.5. The van der Waals surface area contributed by atoms with E-state index in [4.69, 9.17) is 9.47 Å². The van der Waals surface area contributed by atoms with E-state index >= 15 is 0 Å². The molecule has 0 N–H and O–H groups in total. The van der Waals surface area contributed by atoms with Crippen molar-refractivity contribution in [3.63, 3.8) is 0 Å². The number of anilines is 1. The number of carbonyl (C=O) groups is 1. The molecule has 1 aromatic heterocycles. The molecule has 0 amide bonds. The fraction of sp³-hybridized carbons (Fsp3) is 0.727. The van der Waals surface area contributed by atoms with Gasteiger partial charge in [0.1, 0.15) is 5.00 Å². The molecule has 6 nitrogen and oxygen atoms in total. The van der Waals surface area contributed by atoms with E-state index in [1.807, 2.05) is 13.8 Å². The van der Waals surface area contributed by atoms with Crippen LogP contribution in [0.2, 0.25) is 0 Å². The van der Waals surface area contributed by atoms with Crippen LogP contribution in [-0.2, 0) is 9.47 Å². The molecule has 18 heavy (non-hydrogen) atoms. The average Bonchev–Trinajstić information content (AvgIpc) is 2.76. The molecule has 1 fully saturated rings. The zero-order valence-electron chi connectivity index (χ0n) is 10.8. The number of hydrogen-bond donors (Lipinski definition) is 0. The van der Waals surface area contributed by atoms with Gasteiger partial charge in [-0.2, -0.15) is 0 Å². The lowest BCUT2D eigenvalue weighted by atomic mass is 10.2. The van der Waals surface area contributed by atoms with Gasteiger partial charge in [0.25, 0.3) is 0 Å². The van der Waals surface area contributed by atoms with Gasteiger partial charge >= 0.3 is 5.97 Å². The van der Waals surface area contributed by atoms with Crippen molar-refractivity contribution >= 4 is 22.5 Å². The zero-order valence-corrected chi connectivity index (χ0v) is 11.6. The van der Waals surface area contributed by atoms with E-state index in [1.165, 1.54) is 11.5 Å². The number of esters is 1. The highest BCUT2D eigenvalue weighted by molar-refractivity contribution is 7.10. The van der Waals surface area contributed by atoms with Crippen LogP contribution in [0, 0.1) is 0 Å². The Morgan fingerprint density at radius 2 is 2.17 bits per heavy atom. The van der Waals surface area contributed by atoms with Crippen molar-refractivity contribution in [3.05, 3.63) is 5.69 Å². The first-order valence-corrected chi connectivity index (χ1v) is 6.79. The lowest BCUT2D eigenvalue weighted by Gasteiger charge is -2.35. The van der Waals surface area contributed by atoms with Crippen molar-refractivity contribution in [2.24, 2.45) is 0 Å². The third-order valence-corrected chi connectivity index (χ3v) is 3.43. The highest BCUT2D eigenvalue weighted by Crippen LogP contribution is 2.27. The number of hydrogen-bond acceptors (Lipinski definition) is 7. The van der Waals surface area contributed by atoms with Crippen LogP contribution in [-0.4, -0.2) is 47.5 Å². The first kappa shape index (κ1) is 13.2. The minimum absolute atomic E-state index is 0.130. The molecule has 0 aromatic carbocycles. The van der Waals surface area contributed by atoms with Gasteiger partial charge in [-0.05, 0) is 20.8 Å². The van der Waals surface area contributed by atoms with Crippen molar-refractivity contribution in [3.8, 4) is 0 Å². The predicted octanol–water partition coefficient (Wildman–Crippen LogP) is 1.33. The van der Waals surface area contributed by atoms with E-state index in [0.29, 0.717) is 12.3 Å². The van der Waals surface area contributed by atoms with Gasteiger partial charge in [0.15, 0.2) is 0 Å². The summed E-state index contributed by atoms with van der Waals surface area (Å²) in [6, 6.07) is 0. The molecule has 1 aliphatic heterocycles. The molecule has 0 bridgehead atoms. The van der Waals surface area contributed by atoms with E-state index < -0.39 is 5.97 Å². The van der Waals surface area contributed by atoms with Gasteiger partial charge in [0.05, 0.1) is 18.8 Å². The molecule has 1 aromatic rings. The Morgan fingerprint density at radius 3 is 2.78 bits per heavy atom. The van der Waals surface area contributed by atoms with E-state index in [2.05, 4.69) is 14.5 Å². The maximum atomic E-state index is 11.8. The first-order valence-electron chi connectivity index (χ1n) is 6.01. The molecule has 2 atom stereocenters. The van der Waals surface area contributed by atoms with Gasteiger partial charge in [-0.3, -0.25) is 0 Å². The summed E-state index contributed by atoms with van der Waals surface area (Å²) in [5, 5.41) is 4.65. The lowest BCUT2D eigenvalue weighted by molar-refractivity contribution is -0.00515. The Kier molecular flexibility index (Phi) is 4.13. The van der Waals surface area contributed by atoms with E-state index in [0.717, 1.165) is 18.1 Å². The van der Waals surface area contributed by atoms with Crippen LogP contribution in [0.5, 0.6) is 0 Å². The quantitative estimate of drug-likeness (QED) is 0.773. The maximum Gasteiger partial charge on any atom is 0.362 e. The summed E-state index contributed by atoms with van der Waals surface area (Å²) in [7, 11) is 0. The van der Waals surface area contributed by atoms with Crippen LogP contribution in [0.3, 0.4) is 0 Å². The highest BCUT2D eigenvalue weighted by Gasteiger charge is 2.28. The molecule has 0 unspecified atom stereocenters. The van der Waals surface area contributed by atoms with Gasteiger partial charge < -0.3 is 14.4 Å². The smallest absolute Gasteiger partial charge is 0.362 e. The van der Waals surface area contributed by atoms with Gasteiger partial charge in [-0.25, -0.2) is 4.79 Å². The normalized spacial score (nSPS) is 24.1. The lowest BCUT2D eigenvalue weighted by Crippen LogP contribution is -2.45. The average molecular weight is 271 g/mol. The molecule has 2 rings (SSSR count). The highest BCUT2D eigenvalue weighted by atomic mass is 32.1. The molecular weight excluding hydrogens is 254 g/mol. The van der Waals surface area contributed by atoms with Crippen molar-refractivity contribution in [2.75, 3.05) is 24.6 Å². The van der Waals surface area contributed by atoms with E-state index in [9.17, 15) is 4.79 Å². The molecule has 1 saturated heterocycles. The molecule has 0 radical (unpaired) electrons. The molecule has 0 aliphatic carbocycles. The summed E-state index contributed by atoms with van der Waals surface area (Å²) in [5.74, 6) is -0.409. The largest absolute Gasteiger partial charge is 0.461 e. The summed E-state index contributed by atoms with van der Waals surface area (Å²) in [5.41, 5.74) is 0.308. The molecule has 7 heteroatoms. The summed E-state index contributed by atoms with van der Waals surface area (Å²) in [6.45, 7) is 7.62. The monoisotopic (exact) mass is 271 g/mol. The van der Waals surface area contributed by atoms with Crippen LogP contribution < -0.4 is 4.90 Å². The molecule has 0 saturated carbocycles. The Bertz CT molecular complexity index is 413. The third kappa shape index (κ3) is 2.78. The van der Waals surface area contributed by atoms with Gasteiger partial charge in [0.2, 0.25) is 5.69 Å². The topological polar surface area (TPSA) is 64.5 Å². The number of aromatic nitrogens is 2. The maximum absolute atomic E-state index is 11.8. The van der Waals surface area contributed by atoms with Crippen LogP contribution >= 0.6 is 11.5 Å². The van der Waals surface area contributed by atoms with E-state index in [-0.39, 0.29) is 12.2 Å². The Labute approximate surface area is 110 Å². The fourth-order valence-electron chi connectivity index (χ4n) is 2.06. The van der Waals surface area contributed by atoms with Crippen LogP contribution in [0.4, 0.5) is 5.00 Å². The Hall–Kier alpha value is -1.21. The number of ether oxygens (including phenoxy) is 2. The van der Waals surface area contributed by atoms with Crippen LogP contribution in [0.15, 0.2) is 0 Å². The number of rotatable bonds is 3. The molecule has 1 aliphatic rings. The van der Waals surface area contributed by atoms with Crippen LogP contribution in [0.1, 0.15) is 31.3 Å². The number of nitrogens with zero attached hydrogens (tertiary/aromatic N) is 3. The number of carbonyl (C=O) groups excluding carboxylic acids is 1. The third-order valence-electron chi connectivity index (χ3n) is 2.65. The fourth-order valence-corrected chi connectivity index (χ4v) is 2.74.